The molecule has 3 aromatic rings. The van der Waals surface area contributed by atoms with E-state index in [-0.39, 0.29) is 26.6 Å². The molecule has 3 aromatic carbocycles. The summed E-state index contributed by atoms with van der Waals surface area (Å²) in [5.74, 6) is -1.74. The Bertz CT molecular complexity index is 1520. The summed E-state index contributed by atoms with van der Waals surface area (Å²) < 4.78 is 27.3. The number of carbonyl (C=O) groups excluding carboxylic acids is 2. The molecule has 2 amide bonds. The van der Waals surface area contributed by atoms with Crippen molar-refractivity contribution in [2.75, 3.05) is 13.6 Å². The number of hydrogen-bond acceptors (Lipinski definition) is 8. The van der Waals surface area contributed by atoms with Gasteiger partial charge in [0.1, 0.15) is 31.5 Å². The Hall–Kier alpha value is -4.29. The molecular weight excluding hydrogens is 627 g/mol. The fraction of sp³-hybridized carbons (Fsp3) is 0.281. The molecular formula is C32H30Cl2N2O9. The van der Waals surface area contributed by atoms with Crippen LogP contribution in [0.25, 0.3) is 0 Å². The molecule has 1 unspecified atom stereocenters. The van der Waals surface area contributed by atoms with Crippen molar-refractivity contribution in [3.63, 3.8) is 0 Å². The summed E-state index contributed by atoms with van der Waals surface area (Å²) in [6.45, 7) is -0.149. The van der Waals surface area contributed by atoms with Gasteiger partial charge in [-0.2, -0.15) is 0 Å². The number of carbonyl (C=O) groups is 3. The highest BCUT2D eigenvalue weighted by Gasteiger charge is 2.42. The summed E-state index contributed by atoms with van der Waals surface area (Å²) in [6.07, 6.45) is -0.901. The largest absolute Gasteiger partial charge is 0.489 e. The number of ether oxygens (including phenoxy) is 5. The van der Waals surface area contributed by atoms with Crippen molar-refractivity contribution >= 4 is 41.0 Å². The first-order valence-electron chi connectivity index (χ1n) is 14.0. The number of benzene rings is 3. The number of rotatable bonds is 13. The zero-order valence-corrected chi connectivity index (χ0v) is 25.3. The van der Waals surface area contributed by atoms with Crippen LogP contribution in [0.5, 0.6) is 5.75 Å². The maximum Gasteiger partial charge on any atom is 0.326 e. The van der Waals surface area contributed by atoms with E-state index in [1.807, 2.05) is 30.3 Å². The number of carboxylic acids is 1. The van der Waals surface area contributed by atoms with E-state index < -0.39 is 42.1 Å². The molecule has 236 valence electrons. The number of carboxylic acid groups (broad SMARTS) is 1. The van der Waals surface area contributed by atoms with Crippen LogP contribution < -0.4 is 15.4 Å². The minimum atomic E-state index is -1.37. The average molecular weight is 658 g/mol. The first-order chi connectivity index (χ1) is 21.8. The first kappa shape index (κ1) is 32.1. The highest BCUT2D eigenvalue weighted by molar-refractivity contribution is 6.35. The lowest BCUT2D eigenvalue weighted by Crippen LogP contribution is -2.53. The highest BCUT2D eigenvalue weighted by Crippen LogP contribution is 2.26. The van der Waals surface area contributed by atoms with E-state index in [0.717, 1.165) is 5.56 Å². The number of aliphatic carboxylic acids is 1. The monoisotopic (exact) mass is 656 g/mol. The molecule has 13 heteroatoms. The minimum Gasteiger partial charge on any atom is -0.489 e. The van der Waals surface area contributed by atoms with Gasteiger partial charge in [-0.1, -0.05) is 71.7 Å². The average Bonchev–Trinajstić information content (AvgIpc) is 3.75. The van der Waals surface area contributed by atoms with Crippen LogP contribution >= 0.6 is 23.2 Å². The van der Waals surface area contributed by atoms with E-state index in [9.17, 15) is 19.5 Å². The highest BCUT2D eigenvalue weighted by atomic mass is 35.5. The predicted octanol–water partition coefficient (Wildman–Crippen LogP) is 4.00. The number of amides is 2. The molecule has 0 radical (unpaired) electrons. The Labute approximate surface area is 269 Å². The maximum atomic E-state index is 13.3. The van der Waals surface area contributed by atoms with Gasteiger partial charge in [0.25, 0.3) is 11.8 Å². The predicted molar refractivity (Wildman–Crippen MR) is 162 cm³/mol. The van der Waals surface area contributed by atoms with Crippen molar-refractivity contribution in [3.05, 3.63) is 112 Å². The van der Waals surface area contributed by atoms with Crippen LogP contribution in [-0.2, 0) is 52.8 Å². The molecule has 1 saturated heterocycles. The van der Waals surface area contributed by atoms with Gasteiger partial charge in [0, 0.05) is 28.5 Å². The molecule has 2 aliphatic heterocycles. The Morgan fingerprint density at radius 3 is 2.09 bits per heavy atom. The van der Waals surface area contributed by atoms with Gasteiger partial charge >= 0.3 is 5.97 Å². The number of hydrogen-bond donors (Lipinski definition) is 3. The van der Waals surface area contributed by atoms with Gasteiger partial charge in [0.15, 0.2) is 18.0 Å². The van der Waals surface area contributed by atoms with Gasteiger partial charge in [0.2, 0.25) is 6.79 Å². The summed E-state index contributed by atoms with van der Waals surface area (Å²) in [5, 5.41) is 16.1. The lowest BCUT2D eigenvalue weighted by atomic mass is 10.0. The minimum absolute atomic E-state index is 0.0221. The molecule has 45 heavy (non-hydrogen) atoms. The van der Waals surface area contributed by atoms with Crippen LogP contribution in [-0.4, -0.2) is 60.8 Å². The third-order valence-corrected chi connectivity index (χ3v) is 7.85. The normalized spacial score (nSPS) is 18.6. The number of nitrogens with one attached hydrogen (secondary N) is 2. The van der Waals surface area contributed by atoms with Crippen LogP contribution in [0.4, 0.5) is 0 Å². The fourth-order valence-electron chi connectivity index (χ4n) is 4.79. The second-order valence-corrected chi connectivity index (χ2v) is 11.0. The Morgan fingerprint density at radius 1 is 0.822 bits per heavy atom. The molecule has 3 N–H and O–H groups in total. The number of halogens is 2. The van der Waals surface area contributed by atoms with Gasteiger partial charge in [-0.15, -0.1) is 0 Å². The molecule has 0 aliphatic carbocycles. The smallest absolute Gasteiger partial charge is 0.326 e. The zero-order chi connectivity index (χ0) is 31.8. The van der Waals surface area contributed by atoms with Crippen LogP contribution in [0.1, 0.15) is 16.7 Å². The maximum absolute atomic E-state index is 13.3. The van der Waals surface area contributed by atoms with E-state index in [1.54, 1.807) is 42.5 Å². The van der Waals surface area contributed by atoms with Crippen LogP contribution in [0.15, 0.2) is 84.8 Å². The van der Waals surface area contributed by atoms with Crippen LogP contribution in [0, 0.1) is 0 Å². The molecule has 4 atom stereocenters. The quantitative estimate of drug-likeness (QED) is 0.249. The summed E-state index contributed by atoms with van der Waals surface area (Å²) in [7, 11) is 0. The summed E-state index contributed by atoms with van der Waals surface area (Å²) in [5.41, 5.74) is 2.21. The zero-order valence-electron chi connectivity index (χ0n) is 23.8. The van der Waals surface area contributed by atoms with Crippen LogP contribution in [0.3, 0.4) is 0 Å². The molecule has 5 rings (SSSR count). The Kier molecular flexibility index (Phi) is 10.8. The molecule has 1 fully saturated rings. The lowest BCUT2D eigenvalue weighted by molar-refractivity contribution is -0.144. The van der Waals surface area contributed by atoms with Gasteiger partial charge < -0.3 is 39.4 Å². The van der Waals surface area contributed by atoms with Gasteiger partial charge in [-0.25, -0.2) is 4.79 Å². The van der Waals surface area contributed by atoms with Crippen molar-refractivity contribution in [2.45, 2.75) is 43.7 Å². The Balaban J connectivity index is 1.18. The Morgan fingerprint density at radius 2 is 1.47 bits per heavy atom. The van der Waals surface area contributed by atoms with E-state index in [2.05, 4.69) is 10.6 Å². The molecule has 2 aliphatic rings. The topological polar surface area (TPSA) is 142 Å². The summed E-state index contributed by atoms with van der Waals surface area (Å²) in [6, 6.07) is 19.4. The van der Waals surface area contributed by atoms with Crippen LogP contribution in [0.2, 0.25) is 10.0 Å². The van der Waals surface area contributed by atoms with Gasteiger partial charge in [0.05, 0.1) is 6.04 Å². The van der Waals surface area contributed by atoms with E-state index in [4.69, 9.17) is 46.9 Å². The third-order valence-electron chi connectivity index (χ3n) is 7.15. The summed E-state index contributed by atoms with van der Waals surface area (Å²) >= 11 is 12.4. The first-order valence-corrected chi connectivity index (χ1v) is 14.7. The standard InChI is InChI=1S/C32H30Cl2N2O9/c33-23-7-4-8-24(34)22(23)15-42-21-11-9-20(10-12-21)14-26(32(39)40)36-31(38)29-28(44-18-45-29)30(37)35-25(27-16-41-17-43-27)13-19-5-2-1-3-6-19/h1-12,16,25-26,28-29H,13-15,17-18H2,(H,35,37)(H,36,38)(H,39,40)/t25?,26-,28+,29+/m0/s1. The van der Waals surface area contributed by atoms with E-state index in [0.29, 0.717) is 39.1 Å². The van der Waals surface area contributed by atoms with Crippen molar-refractivity contribution in [1.82, 2.24) is 10.6 Å². The molecule has 0 saturated carbocycles. The lowest BCUT2D eigenvalue weighted by Gasteiger charge is -2.23. The SMILES string of the molecule is O=C(O)[C@H](Cc1ccc(OCc2c(Cl)cccc2Cl)cc1)NC(=O)[C@@H]1OCO[C@H]1C(=O)NC(Cc1ccccc1)C1=COCO1. The van der Waals surface area contributed by atoms with Crippen molar-refractivity contribution < 1.29 is 43.2 Å². The second kappa shape index (κ2) is 15.1. The van der Waals surface area contributed by atoms with E-state index in [1.165, 1.54) is 6.26 Å². The molecule has 0 aromatic heterocycles. The third kappa shape index (κ3) is 8.46. The van der Waals surface area contributed by atoms with Crippen molar-refractivity contribution in [1.29, 1.82) is 0 Å². The molecule has 11 nitrogen and oxygen atoms in total. The van der Waals surface area contributed by atoms with E-state index >= 15 is 0 Å². The van der Waals surface area contributed by atoms with Gasteiger partial charge in [-0.05, 0) is 35.4 Å². The molecule has 2 heterocycles. The molecule has 0 spiro atoms. The van der Waals surface area contributed by atoms with Crippen molar-refractivity contribution in [3.8, 4) is 5.75 Å². The van der Waals surface area contributed by atoms with Gasteiger partial charge in [-0.3, -0.25) is 9.59 Å². The second-order valence-electron chi connectivity index (χ2n) is 10.2. The fourth-order valence-corrected chi connectivity index (χ4v) is 5.29. The molecule has 0 bridgehead atoms. The van der Waals surface area contributed by atoms with Crippen molar-refractivity contribution in [2.24, 2.45) is 0 Å². The summed E-state index contributed by atoms with van der Waals surface area (Å²) in [4.78, 5) is 38.5.